The van der Waals surface area contributed by atoms with Crippen LogP contribution in [0.1, 0.15) is 43.0 Å². The Morgan fingerprint density at radius 3 is 2.54 bits per heavy atom. The van der Waals surface area contributed by atoms with Crippen molar-refractivity contribution in [1.82, 2.24) is 20.5 Å². The van der Waals surface area contributed by atoms with Crippen LogP contribution in [-0.4, -0.2) is 66.4 Å². The summed E-state index contributed by atoms with van der Waals surface area (Å²) < 4.78 is 0. The van der Waals surface area contributed by atoms with Gasteiger partial charge in [0.1, 0.15) is 0 Å². The zero-order chi connectivity index (χ0) is 19.7. The number of hydrogen-bond acceptors (Lipinski definition) is 6. The van der Waals surface area contributed by atoms with Crippen molar-refractivity contribution < 1.29 is 14.4 Å². The van der Waals surface area contributed by atoms with Gasteiger partial charge in [-0.3, -0.25) is 24.7 Å². The number of pyridine rings is 1. The van der Waals surface area contributed by atoms with E-state index in [-0.39, 0.29) is 23.6 Å². The Morgan fingerprint density at radius 1 is 1.07 bits per heavy atom. The van der Waals surface area contributed by atoms with E-state index in [1.807, 2.05) is 24.0 Å². The predicted molar refractivity (Wildman–Crippen MR) is 104 cm³/mol. The normalized spacial score (nSPS) is 24.5. The molecule has 2 N–H and O–H groups in total. The van der Waals surface area contributed by atoms with E-state index in [4.69, 9.17) is 0 Å². The van der Waals surface area contributed by atoms with Gasteiger partial charge in [0.05, 0.1) is 29.5 Å². The lowest BCUT2D eigenvalue weighted by atomic mass is 9.94. The highest BCUT2D eigenvalue weighted by molar-refractivity contribution is 6.00. The monoisotopic (exact) mass is 385 g/mol. The molecule has 0 saturated carbocycles. The van der Waals surface area contributed by atoms with E-state index in [1.54, 1.807) is 0 Å². The van der Waals surface area contributed by atoms with Crippen molar-refractivity contribution in [2.24, 2.45) is 0 Å². The summed E-state index contributed by atoms with van der Waals surface area (Å²) in [6, 6.07) is 4.27. The Bertz CT molecular complexity index is 788. The summed E-state index contributed by atoms with van der Waals surface area (Å²) >= 11 is 0. The fraction of sp³-hybridized carbons (Fsp3) is 0.600. The first kappa shape index (κ1) is 18.9. The van der Waals surface area contributed by atoms with Crippen LogP contribution >= 0.6 is 0 Å². The molecule has 4 heterocycles. The minimum Gasteiger partial charge on any atom is -0.370 e. The van der Waals surface area contributed by atoms with Crippen molar-refractivity contribution in [2.45, 2.75) is 44.6 Å². The molecule has 0 aromatic carbocycles. The predicted octanol–water partition coefficient (Wildman–Crippen LogP) is 0.311. The Balaban J connectivity index is 1.41. The first-order chi connectivity index (χ1) is 13.5. The van der Waals surface area contributed by atoms with Crippen LogP contribution in [0.15, 0.2) is 12.1 Å². The van der Waals surface area contributed by atoms with Gasteiger partial charge in [0, 0.05) is 38.6 Å². The Morgan fingerprint density at radius 2 is 1.86 bits per heavy atom. The number of nitrogens with zero attached hydrogens (tertiary/aromatic N) is 3. The molecule has 3 aliphatic heterocycles. The lowest BCUT2D eigenvalue weighted by Gasteiger charge is -2.41. The topological polar surface area (TPSA) is 94.6 Å². The van der Waals surface area contributed by atoms with Crippen LogP contribution in [-0.2, 0) is 14.4 Å². The third-order valence-corrected chi connectivity index (χ3v) is 6.05. The van der Waals surface area contributed by atoms with Crippen molar-refractivity contribution in [3.8, 4) is 0 Å². The SMILES string of the molecule is Cc1nc(C2CCC(=O)NC2=O)ccc1N1CCC(N2CCNCC2=O)CC1. The maximum absolute atomic E-state index is 12.1. The Kier molecular flexibility index (Phi) is 5.30. The molecule has 3 saturated heterocycles. The fourth-order valence-corrected chi connectivity index (χ4v) is 4.50. The molecule has 28 heavy (non-hydrogen) atoms. The third kappa shape index (κ3) is 3.73. The number of carbonyl (C=O) groups is 3. The van der Waals surface area contributed by atoms with Crippen LogP contribution in [0.3, 0.4) is 0 Å². The van der Waals surface area contributed by atoms with E-state index in [9.17, 15) is 14.4 Å². The van der Waals surface area contributed by atoms with Gasteiger partial charge >= 0.3 is 0 Å². The number of nitrogens with one attached hydrogen (secondary N) is 2. The second-order valence-electron chi connectivity index (χ2n) is 7.83. The number of piperazine rings is 1. The van der Waals surface area contributed by atoms with Crippen LogP contribution in [0.2, 0.25) is 0 Å². The van der Waals surface area contributed by atoms with Gasteiger partial charge in [-0.1, -0.05) is 0 Å². The Labute approximate surface area is 164 Å². The molecule has 1 aromatic heterocycles. The summed E-state index contributed by atoms with van der Waals surface area (Å²) in [5, 5.41) is 5.53. The molecule has 1 aromatic rings. The molecule has 0 bridgehead atoms. The fourth-order valence-electron chi connectivity index (χ4n) is 4.50. The molecule has 1 atom stereocenters. The number of rotatable bonds is 3. The lowest BCUT2D eigenvalue weighted by Crippen LogP contribution is -2.55. The summed E-state index contributed by atoms with van der Waals surface area (Å²) in [6.07, 6.45) is 2.79. The maximum atomic E-state index is 12.1. The minimum absolute atomic E-state index is 0.205. The standard InChI is InChI=1S/C20H27N5O3/c1-13-17(4-3-16(22-13)15-2-5-18(26)23-20(15)28)24-9-6-14(7-10-24)25-11-8-21-12-19(25)27/h3-4,14-15,21H,2,5-12H2,1H3,(H,23,26,28). The van der Waals surface area contributed by atoms with Gasteiger partial charge in [-0.15, -0.1) is 0 Å². The molecule has 4 rings (SSSR count). The molecule has 3 fully saturated rings. The smallest absolute Gasteiger partial charge is 0.236 e. The quantitative estimate of drug-likeness (QED) is 0.728. The summed E-state index contributed by atoms with van der Waals surface area (Å²) in [5.41, 5.74) is 2.72. The highest BCUT2D eigenvalue weighted by atomic mass is 16.2. The molecule has 8 heteroatoms. The van der Waals surface area contributed by atoms with E-state index < -0.39 is 0 Å². The van der Waals surface area contributed by atoms with Crippen LogP contribution in [0.4, 0.5) is 5.69 Å². The summed E-state index contributed by atoms with van der Waals surface area (Å²) in [6.45, 7) is 5.87. The van der Waals surface area contributed by atoms with E-state index in [2.05, 4.69) is 20.5 Å². The van der Waals surface area contributed by atoms with E-state index in [0.29, 0.717) is 25.4 Å². The van der Waals surface area contributed by atoms with Gasteiger partial charge < -0.3 is 15.1 Å². The van der Waals surface area contributed by atoms with Crippen LogP contribution in [0.5, 0.6) is 0 Å². The molecule has 8 nitrogen and oxygen atoms in total. The average Bonchev–Trinajstić information content (AvgIpc) is 2.69. The third-order valence-electron chi connectivity index (χ3n) is 6.05. The average molecular weight is 385 g/mol. The number of hydrogen-bond donors (Lipinski definition) is 2. The van der Waals surface area contributed by atoms with Crippen LogP contribution in [0.25, 0.3) is 0 Å². The van der Waals surface area contributed by atoms with Gasteiger partial charge in [-0.05, 0) is 38.3 Å². The largest absolute Gasteiger partial charge is 0.370 e. The minimum atomic E-state index is -0.352. The zero-order valence-electron chi connectivity index (χ0n) is 16.2. The van der Waals surface area contributed by atoms with Gasteiger partial charge in [0.15, 0.2) is 0 Å². The van der Waals surface area contributed by atoms with Crippen molar-refractivity contribution in [2.75, 3.05) is 37.6 Å². The number of aromatic nitrogens is 1. The number of anilines is 1. The maximum Gasteiger partial charge on any atom is 0.236 e. The summed E-state index contributed by atoms with van der Waals surface area (Å²) in [4.78, 5) is 44.6. The molecule has 0 spiro atoms. The summed E-state index contributed by atoms with van der Waals surface area (Å²) in [7, 11) is 0. The van der Waals surface area contributed by atoms with Crippen LogP contribution < -0.4 is 15.5 Å². The van der Waals surface area contributed by atoms with E-state index in [0.717, 1.165) is 56.1 Å². The van der Waals surface area contributed by atoms with Gasteiger partial charge in [0.2, 0.25) is 17.7 Å². The van der Waals surface area contributed by atoms with Gasteiger partial charge in [-0.2, -0.15) is 0 Å². The molecule has 3 aliphatic rings. The molecule has 0 radical (unpaired) electrons. The number of aryl methyl sites for hydroxylation is 1. The number of carbonyl (C=O) groups excluding carboxylic acids is 3. The van der Waals surface area contributed by atoms with Crippen molar-refractivity contribution in [1.29, 1.82) is 0 Å². The molecule has 150 valence electrons. The van der Waals surface area contributed by atoms with E-state index in [1.165, 1.54) is 0 Å². The molecule has 3 amide bonds. The number of imide groups is 1. The summed E-state index contributed by atoms with van der Waals surface area (Å²) in [5.74, 6) is -0.608. The van der Waals surface area contributed by atoms with Crippen molar-refractivity contribution in [3.05, 3.63) is 23.5 Å². The highest BCUT2D eigenvalue weighted by Gasteiger charge is 2.31. The van der Waals surface area contributed by atoms with E-state index >= 15 is 0 Å². The Hall–Kier alpha value is -2.48. The molecular formula is C20H27N5O3. The first-order valence-electron chi connectivity index (χ1n) is 10.1. The molecular weight excluding hydrogens is 358 g/mol. The first-order valence-corrected chi connectivity index (χ1v) is 10.1. The van der Waals surface area contributed by atoms with Gasteiger partial charge in [0.25, 0.3) is 0 Å². The number of amides is 3. The lowest BCUT2D eigenvalue weighted by molar-refractivity contribution is -0.135. The zero-order valence-corrected chi connectivity index (χ0v) is 16.2. The number of piperidine rings is 2. The molecule has 0 aliphatic carbocycles. The van der Waals surface area contributed by atoms with Crippen molar-refractivity contribution in [3.63, 3.8) is 0 Å². The van der Waals surface area contributed by atoms with Crippen LogP contribution in [0, 0.1) is 6.92 Å². The van der Waals surface area contributed by atoms with Gasteiger partial charge in [-0.25, -0.2) is 0 Å². The van der Waals surface area contributed by atoms with Crippen molar-refractivity contribution >= 4 is 23.4 Å². The molecule has 1 unspecified atom stereocenters. The second-order valence-corrected chi connectivity index (χ2v) is 7.83. The second kappa shape index (κ2) is 7.87. The highest BCUT2D eigenvalue weighted by Crippen LogP contribution is 2.29.